The van der Waals surface area contributed by atoms with Crippen LogP contribution in [0.15, 0.2) is 22.7 Å². The quantitative estimate of drug-likeness (QED) is 0.631. The van der Waals surface area contributed by atoms with Crippen LogP contribution >= 0.6 is 15.9 Å². The van der Waals surface area contributed by atoms with Gasteiger partial charge < -0.3 is 5.11 Å². The maximum atomic E-state index is 8.95. The van der Waals surface area contributed by atoms with Gasteiger partial charge in [-0.1, -0.05) is 5.92 Å². The van der Waals surface area contributed by atoms with Gasteiger partial charge in [0, 0.05) is 10.0 Å². The van der Waals surface area contributed by atoms with Crippen LogP contribution in [0.25, 0.3) is 0 Å². The maximum absolute atomic E-state index is 8.95. The zero-order chi connectivity index (χ0) is 7.56. The fourth-order valence-electron chi connectivity index (χ4n) is 0.624. The number of aromatic hydroxyl groups is 1. The van der Waals surface area contributed by atoms with Gasteiger partial charge in [0.15, 0.2) is 0 Å². The van der Waals surface area contributed by atoms with E-state index in [2.05, 4.69) is 21.9 Å². The van der Waals surface area contributed by atoms with E-state index in [9.17, 15) is 0 Å². The van der Waals surface area contributed by atoms with Gasteiger partial charge in [-0.25, -0.2) is 0 Å². The molecular weight excluding hydrogens is 192 g/mol. The van der Waals surface area contributed by atoms with E-state index < -0.39 is 0 Å². The van der Waals surface area contributed by atoms with Crippen molar-refractivity contribution in [3.05, 3.63) is 28.2 Å². The van der Waals surface area contributed by atoms with Crippen molar-refractivity contribution in [3.63, 3.8) is 0 Å². The molecule has 1 aromatic carbocycles. The molecule has 0 amide bonds. The molecular formula is C8H5BrO. The molecule has 1 aromatic rings. The molecule has 1 rings (SSSR count). The number of hydrogen-bond donors (Lipinski definition) is 1. The van der Waals surface area contributed by atoms with Crippen molar-refractivity contribution in [2.24, 2.45) is 0 Å². The fraction of sp³-hybridized carbons (Fsp3) is 0. The second-order valence-corrected chi connectivity index (χ2v) is 2.66. The minimum absolute atomic E-state index is 0.191. The summed E-state index contributed by atoms with van der Waals surface area (Å²) < 4.78 is 0.827. The number of phenols is 1. The van der Waals surface area contributed by atoms with Gasteiger partial charge >= 0.3 is 0 Å². The molecule has 0 radical (unpaired) electrons. The summed E-state index contributed by atoms with van der Waals surface area (Å²) in [7, 11) is 0. The average molecular weight is 197 g/mol. The zero-order valence-electron chi connectivity index (χ0n) is 5.13. The molecule has 0 unspecified atom stereocenters. The van der Waals surface area contributed by atoms with Crippen LogP contribution in [-0.4, -0.2) is 5.11 Å². The van der Waals surface area contributed by atoms with Gasteiger partial charge in [0.05, 0.1) is 0 Å². The van der Waals surface area contributed by atoms with Crippen molar-refractivity contribution in [2.75, 3.05) is 0 Å². The van der Waals surface area contributed by atoms with E-state index in [1.165, 1.54) is 6.07 Å². The van der Waals surface area contributed by atoms with Crippen LogP contribution in [0.3, 0.4) is 0 Å². The van der Waals surface area contributed by atoms with Crippen LogP contribution in [0.4, 0.5) is 0 Å². The number of hydrogen-bond acceptors (Lipinski definition) is 1. The molecule has 1 nitrogen and oxygen atoms in total. The Bertz CT molecular complexity index is 286. The first-order valence-electron chi connectivity index (χ1n) is 2.69. The molecule has 0 atom stereocenters. The van der Waals surface area contributed by atoms with E-state index in [4.69, 9.17) is 11.5 Å². The molecule has 2 heteroatoms. The third kappa shape index (κ3) is 1.31. The van der Waals surface area contributed by atoms with Gasteiger partial charge in [-0.15, -0.1) is 6.42 Å². The summed E-state index contributed by atoms with van der Waals surface area (Å²) in [4.78, 5) is 0. The van der Waals surface area contributed by atoms with Crippen molar-refractivity contribution in [1.29, 1.82) is 0 Å². The van der Waals surface area contributed by atoms with E-state index >= 15 is 0 Å². The first kappa shape index (κ1) is 7.17. The molecule has 0 heterocycles. The van der Waals surface area contributed by atoms with Gasteiger partial charge in [-0.3, -0.25) is 0 Å². The van der Waals surface area contributed by atoms with Crippen molar-refractivity contribution >= 4 is 15.9 Å². The lowest BCUT2D eigenvalue weighted by Gasteiger charge is -1.95. The maximum Gasteiger partial charge on any atom is 0.116 e. The summed E-state index contributed by atoms with van der Waals surface area (Å²) in [5, 5.41) is 8.95. The third-order valence-electron chi connectivity index (χ3n) is 1.11. The zero-order valence-corrected chi connectivity index (χ0v) is 6.72. The predicted molar refractivity (Wildman–Crippen MR) is 43.7 cm³/mol. The molecule has 0 aliphatic carbocycles. The van der Waals surface area contributed by atoms with Gasteiger partial charge in [0.25, 0.3) is 0 Å². The first-order chi connectivity index (χ1) is 4.74. The Kier molecular flexibility index (Phi) is 1.98. The molecule has 0 spiro atoms. The van der Waals surface area contributed by atoms with E-state index in [1.54, 1.807) is 12.1 Å². The lowest BCUT2D eigenvalue weighted by atomic mass is 10.2. The first-order valence-corrected chi connectivity index (χ1v) is 3.48. The standard InChI is InChI=1S/C8H5BrO/c1-2-6-5-7(10)3-4-8(6)9/h1,3-5,10H. The molecule has 0 fully saturated rings. The number of halogens is 1. The summed E-state index contributed by atoms with van der Waals surface area (Å²) in [5.41, 5.74) is 0.667. The Morgan fingerprint density at radius 3 is 2.70 bits per heavy atom. The summed E-state index contributed by atoms with van der Waals surface area (Å²) in [5.74, 6) is 2.62. The molecule has 0 saturated heterocycles. The summed E-state index contributed by atoms with van der Waals surface area (Å²) in [6.07, 6.45) is 5.13. The highest BCUT2D eigenvalue weighted by Gasteiger charge is 1.95. The van der Waals surface area contributed by atoms with Crippen LogP contribution in [0.1, 0.15) is 5.56 Å². The molecule has 0 bridgehead atoms. The van der Waals surface area contributed by atoms with Crippen molar-refractivity contribution in [3.8, 4) is 18.1 Å². The minimum Gasteiger partial charge on any atom is -0.508 e. The van der Waals surface area contributed by atoms with Gasteiger partial charge in [-0.05, 0) is 34.1 Å². The SMILES string of the molecule is C#Cc1cc(O)ccc1Br. The monoisotopic (exact) mass is 196 g/mol. The Morgan fingerprint density at radius 2 is 2.20 bits per heavy atom. The van der Waals surface area contributed by atoms with E-state index in [-0.39, 0.29) is 5.75 Å². The lowest BCUT2D eigenvalue weighted by Crippen LogP contribution is -1.74. The van der Waals surface area contributed by atoms with E-state index in [1.807, 2.05) is 0 Å². The Balaban J connectivity index is 3.25. The fourth-order valence-corrected chi connectivity index (χ4v) is 0.985. The van der Waals surface area contributed by atoms with Crippen LogP contribution in [0, 0.1) is 12.3 Å². The number of rotatable bonds is 0. The molecule has 10 heavy (non-hydrogen) atoms. The van der Waals surface area contributed by atoms with Crippen molar-refractivity contribution < 1.29 is 5.11 Å². The normalized spacial score (nSPS) is 8.80. The molecule has 50 valence electrons. The highest BCUT2D eigenvalue weighted by atomic mass is 79.9. The smallest absolute Gasteiger partial charge is 0.116 e. The largest absolute Gasteiger partial charge is 0.508 e. The van der Waals surface area contributed by atoms with Crippen molar-refractivity contribution in [1.82, 2.24) is 0 Å². The summed E-state index contributed by atoms with van der Waals surface area (Å²) in [6.45, 7) is 0. The minimum atomic E-state index is 0.191. The van der Waals surface area contributed by atoms with Gasteiger partial charge in [0.2, 0.25) is 0 Å². The Labute approximate surface area is 67.8 Å². The highest BCUT2D eigenvalue weighted by molar-refractivity contribution is 9.10. The predicted octanol–water partition coefficient (Wildman–Crippen LogP) is 2.14. The van der Waals surface area contributed by atoms with E-state index in [0.717, 1.165) is 4.47 Å². The molecule has 1 N–H and O–H groups in total. The van der Waals surface area contributed by atoms with Crippen LogP contribution in [0.5, 0.6) is 5.75 Å². The van der Waals surface area contributed by atoms with Gasteiger partial charge in [-0.2, -0.15) is 0 Å². The lowest BCUT2D eigenvalue weighted by molar-refractivity contribution is 0.475. The molecule has 0 aliphatic heterocycles. The highest BCUT2D eigenvalue weighted by Crippen LogP contribution is 2.20. The summed E-state index contributed by atoms with van der Waals surface area (Å²) >= 11 is 3.24. The second kappa shape index (κ2) is 2.76. The van der Waals surface area contributed by atoms with Crippen LogP contribution in [-0.2, 0) is 0 Å². The topological polar surface area (TPSA) is 20.2 Å². The third-order valence-corrected chi connectivity index (χ3v) is 1.80. The van der Waals surface area contributed by atoms with Gasteiger partial charge in [0.1, 0.15) is 5.75 Å². The van der Waals surface area contributed by atoms with Crippen LogP contribution in [0.2, 0.25) is 0 Å². The van der Waals surface area contributed by atoms with Crippen LogP contribution < -0.4 is 0 Å². The van der Waals surface area contributed by atoms with Crippen molar-refractivity contribution in [2.45, 2.75) is 0 Å². The molecule has 0 saturated carbocycles. The summed E-state index contributed by atoms with van der Waals surface area (Å²) in [6, 6.07) is 4.82. The Morgan fingerprint density at radius 1 is 1.50 bits per heavy atom. The second-order valence-electron chi connectivity index (χ2n) is 1.81. The number of benzene rings is 1. The molecule has 0 aliphatic rings. The molecule has 0 aromatic heterocycles. The van der Waals surface area contributed by atoms with E-state index in [0.29, 0.717) is 5.56 Å². The average Bonchev–Trinajstić information content (AvgIpc) is 1.94. The number of terminal acetylenes is 1. The Hall–Kier alpha value is -0.940. The number of phenolic OH excluding ortho intramolecular Hbond substituents is 1.